The smallest absolute Gasteiger partial charge is 0.225 e. The molecule has 0 aliphatic heterocycles. The van der Waals surface area contributed by atoms with Crippen LogP contribution in [0.5, 0.6) is 0 Å². The normalized spacial score (nSPS) is 13.5. The first-order valence-corrected chi connectivity index (χ1v) is 15.5. The number of carbonyl (C=O) groups excluding carboxylic acids is 1. The van der Waals surface area contributed by atoms with Gasteiger partial charge in [-0.1, -0.05) is 44.5 Å². The lowest BCUT2D eigenvalue weighted by Gasteiger charge is -2.37. The van der Waals surface area contributed by atoms with Gasteiger partial charge in [-0.05, 0) is 103 Å². The molecule has 2 atom stereocenters. The Kier molecular flexibility index (Phi) is 16.6. The molecule has 1 N–H and O–H groups in total. The van der Waals surface area contributed by atoms with Gasteiger partial charge >= 0.3 is 0 Å². The van der Waals surface area contributed by atoms with E-state index >= 15 is 0 Å². The third-order valence-corrected chi connectivity index (χ3v) is 7.67. The second-order valence-corrected chi connectivity index (χ2v) is 11.9. The van der Waals surface area contributed by atoms with Gasteiger partial charge in [0.15, 0.2) is 0 Å². The number of hydrogen-bond donors (Lipinski definition) is 1. The van der Waals surface area contributed by atoms with E-state index in [1.165, 1.54) is 24.3 Å². The van der Waals surface area contributed by atoms with Crippen LogP contribution in [0.15, 0.2) is 53.7 Å². The summed E-state index contributed by atoms with van der Waals surface area (Å²) in [7, 11) is 2.00. The second-order valence-electron chi connectivity index (χ2n) is 11.5. The van der Waals surface area contributed by atoms with Crippen molar-refractivity contribution in [2.24, 2.45) is 16.9 Å². The van der Waals surface area contributed by atoms with E-state index in [2.05, 4.69) is 36.2 Å². The topological polar surface area (TPSA) is 47.9 Å². The maximum absolute atomic E-state index is 14.5. The molecule has 1 amide bonds. The number of anilines is 1. The Morgan fingerprint density at radius 1 is 1.09 bits per heavy atom. The van der Waals surface area contributed by atoms with Crippen LogP contribution in [0.3, 0.4) is 0 Å². The maximum atomic E-state index is 14.5. The van der Waals surface area contributed by atoms with Gasteiger partial charge in [0.05, 0.1) is 16.4 Å². The molecular weight excluding hydrogens is 573 g/mol. The Morgan fingerprint density at radius 2 is 1.77 bits per heavy atom. The molecule has 0 fully saturated rings. The second kappa shape index (κ2) is 18.7. The van der Waals surface area contributed by atoms with E-state index in [0.717, 1.165) is 24.6 Å². The number of amides is 1. The van der Waals surface area contributed by atoms with Crippen LogP contribution in [-0.4, -0.2) is 53.6 Å². The van der Waals surface area contributed by atoms with Crippen LogP contribution in [0, 0.1) is 29.3 Å². The fourth-order valence-corrected chi connectivity index (χ4v) is 4.50. The first kappa shape index (κ1) is 38.2. The monoisotopic (exact) mass is 622 g/mol. The molecule has 2 aromatic carbocycles. The highest BCUT2D eigenvalue weighted by molar-refractivity contribution is 6.31. The minimum atomic E-state index is -0.611. The van der Waals surface area contributed by atoms with Crippen LogP contribution in [0.4, 0.5) is 18.9 Å². The summed E-state index contributed by atoms with van der Waals surface area (Å²) >= 11 is 5.80. The Morgan fingerprint density at radius 3 is 2.35 bits per heavy atom. The molecule has 1 unspecified atom stereocenters. The standard InChI is InChI=1S/C32H44ClF3N4O.C2H6/c1-8-40(17-11-9-10-12-22(2)37-38-27-15-16-29(35)28(33)20-27)31(41)23(3)25(21-39(7)32(4,5)6)18-24-13-14-26(34)19-30(24)36;1-2/h10,12-16,19-20,23,25,38H,8-9,11,17-18,21H2,1-7H3;1-2H3/b12-10+,37-22-;/t23-,25?;/m1./s1. The lowest BCUT2D eigenvalue weighted by atomic mass is 9.85. The van der Waals surface area contributed by atoms with Crippen molar-refractivity contribution in [1.29, 1.82) is 0 Å². The van der Waals surface area contributed by atoms with Crippen molar-refractivity contribution in [3.63, 3.8) is 0 Å². The predicted molar refractivity (Wildman–Crippen MR) is 175 cm³/mol. The van der Waals surface area contributed by atoms with Crippen molar-refractivity contribution in [1.82, 2.24) is 9.80 Å². The average molecular weight is 623 g/mol. The number of hydrogen-bond acceptors (Lipinski definition) is 4. The van der Waals surface area contributed by atoms with Gasteiger partial charge in [-0.25, -0.2) is 13.2 Å². The summed E-state index contributed by atoms with van der Waals surface area (Å²) in [6, 6.07) is 7.95. The van der Waals surface area contributed by atoms with E-state index in [9.17, 15) is 18.0 Å². The summed E-state index contributed by atoms with van der Waals surface area (Å²) in [6.07, 6.45) is 5.75. The summed E-state index contributed by atoms with van der Waals surface area (Å²) in [5.74, 6) is -2.14. The van der Waals surface area contributed by atoms with Crippen LogP contribution in [0.1, 0.15) is 73.8 Å². The molecule has 2 aromatic rings. The molecule has 0 heterocycles. The number of carbonyl (C=O) groups is 1. The third-order valence-electron chi connectivity index (χ3n) is 7.38. The lowest BCUT2D eigenvalue weighted by Crippen LogP contribution is -2.46. The molecule has 2 rings (SSSR count). The molecule has 0 radical (unpaired) electrons. The maximum Gasteiger partial charge on any atom is 0.225 e. The summed E-state index contributed by atoms with van der Waals surface area (Å²) in [4.78, 5) is 17.6. The molecule has 0 aromatic heterocycles. The van der Waals surface area contributed by atoms with Gasteiger partial charge in [0.1, 0.15) is 17.5 Å². The Balaban J connectivity index is 0.00000452. The molecule has 0 aliphatic rings. The predicted octanol–water partition coefficient (Wildman–Crippen LogP) is 8.98. The third kappa shape index (κ3) is 13.1. The van der Waals surface area contributed by atoms with Gasteiger partial charge in [0, 0.05) is 37.2 Å². The number of halogens is 4. The van der Waals surface area contributed by atoms with E-state index in [1.54, 1.807) is 6.07 Å². The molecule has 0 aliphatic carbocycles. The highest BCUT2D eigenvalue weighted by Crippen LogP contribution is 2.26. The number of unbranched alkanes of at least 4 members (excludes halogenated alkanes) is 1. The van der Waals surface area contributed by atoms with Crippen molar-refractivity contribution in [3.8, 4) is 0 Å². The van der Waals surface area contributed by atoms with E-state index < -0.39 is 17.5 Å². The molecule has 0 bridgehead atoms. The largest absolute Gasteiger partial charge is 0.343 e. The summed E-state index contributed by atoms with van der Waals surface area (Å²) in [5, 5.41) is 4.28. The van der Waals surface area contributed by atoms with Gasteiger partial charge in [-0.2, -0.15) is 5.10 Å². The lowest BCUT2D eigenvalue weighted by molar-refractivity contribution is -0.137. The molecule has 43 heavy (non-hydrogen) atoms. The minimum Gasteiger partial charge on any atom is -0.343 e. The zero-order valence-corrected chi connectivity index (χ0v) is 28.0. The van der Waals surface area contributed by atoms with E-state index in [1.807, 2.05) is 58.7 Å². The van der Waals surface area contributed by atoms with Crippen LogP contribution < -0.4 is 5.43 Å². The van der Waals surface area contributed by atoms with Gasteiger partial charge in [0.2, 0.25) is 5.91 Å². The Bertz CT molecular complexity index is 1210. The molecule has 0 saturated heterocycles. The summed E-state index contributed by atoms with van der Waals surface area (Å²) < 4.78 is 41.4. The fourth-order valence-electron chi connectivity index (χ4n) is 4.32. The fraction of sp³-hybridized carbons (Fsp3) is 0.529. The molecular formula is C34H50ClF3N4O. The van der Waals surface area contributed by atoms with Crippen molar-refractivity contribution in [2.75, 3.05) is 32.1 Å². The van der Waals surface area contributed by atoms with Crippen LogP contribution in [0.25, 0.3) is 0 Å². The van der Waals surface area contributed by atoms with Gasteiger partial charge in [-0.3, -0.25) is 10.2 Å². The molecule has 9 heteroatoms. The van der Waals surface area contributed by atoms with E-state index in [-0.39, 0.29) is 28.3 Å². The Hall–Kier alpha value is -2.84. The van der Waals surface area contributed by atoms with Crippen LogP contribution >= 0.6 is 11.6 Å². The summed E-state index contributed by atoms with van der Waals surface area (Å²) in [6.45, 7) is 17.8. The molecule has 0 saturated carbocycles. The van der Waals surface area contributed by atoms with Crippen molar-refractivity contribution in [2.45, 2.75) is 80.2 Å². The van der Waals surface area contributed by atoms with Crippen LogP contribution in [-0.2, 0) is 11.2 Å². The highest BCUT2D eigenvalue weighted by atomic mass is 35.5. The highest BCUT2D eigenvalue weighted by Gasteiger charge is 2.31. The van der Waals surface area contributed by atoms with Crippen molar-refractivity contribution >= 4 is 28.9 Å². The number of nitrogens with one attached hydrogen (secondary N) is 1. The first-order chi connectivity index (χ1) is 20.2. The number of allylic oxidation sites excluding steroid dienone is 2. The van der Waals surface area contributed by atoms with E-state index in [0.29, 0.717) is 37.3 Å². The number of hydrazone groups is 1. The zero-order chi connectivity index (χ0) is 32.7. The van der Waals surface area contributed by atoms with Gasteiger partial charge < -0.3 is 9.80 Å². The van der Waals surface area contributed by atoms with E-state index in [4.69, 9.17) is 11.6 Å². The van der Waals surface area contributed by atoms with Crippen molar-refractivity contribution in [3.05, 3.63) is 76.6 Å². The number of nitrogens with zero attached hydrogens (tertiary/aromatic N) is 3. The average Bonchev–Trinajstić information content (AvgIpc) is 2.96. The quantitative estimate of drug-likeness (QED) is 0.130. The minimum absolute atomic E-state index is 0.0258. The van der Waals surface area contributed by atoms with Gasteiger partial charge in [0.25, 0.3) is 0 Å². The number of benzene rings is 2. The SMILES string of the molecule is CC.CCN(CCC/C=C/C(C)=N\Nc1ccc(F)c(Cl)c1)C(=O)[C@H](C)C(Cc1ccc(F)cc1F)CN(C)C(C)(C)C. The first-order valence-electron chi connectivity index (χ1n) is 15.1. The molecule has 0 spiro atoms. The van der Waals surface area contributed by atoms with Crippen molar-refractivity contribution < 1.29 is 18.0 Å². The molecule has 5 nitrogen and oxygen atoms in total. The van der Waals surface area contributed by atoms with Gasteiger partial charge in [-0.15, -0.1) is 0 Å². The Labute approximate surface area is 262 Å². The van der Waals surface area contributed by atoms with Crippen LogP contribution in [0.2, 0.25) is 5.02 Å². The zero-order valence-electron chi connectivity index (χ0n) is 27.3. The molecule has 240 valence electrons. The summed E-state index contributed by atoms with van der Waals surface area (Å²) in [5.41, 5.74) is 4.47. The number of rotatable bonds is 14.